The minimum absolute atomic E-state index is 0.0701. The number of aliphatic hydroxyl groups is 1. The van der Waals surface area contributed by atoms with Gasteiger partial charge in [-0.05, 0) is 18.7 Å². The number of rotatable bonds is 8. The number of esters is 1. The molecule has 0 fully saturated rings. The van der Waals surface area contributed by atoms with E-state index in [1.165, 1.54) is 14.2 Å². The molecule has 0 spiro atoms. The Bertz CT molecular complexity index is 463. The number of likely N-dealkylation sites (N-methyl/N-ethyl adjacent to an activating group) is 1. The van der Waals surface area contributed by atoms with Crippen molar-refractivity contribution in [1.82, 2.24) is 5.32 Å². The van der Waals surface area contributed by atoms with Crippen LogP contribution in [0.2, 0.25) is 0 Å². The van der Waals surface area contributed by atoms with Crippen LogP contribution in [0.25, 0.3) is 0 Å². The van der Waals surface area contributed by atoms with Gasteiger partial charge in [0.1, 0.15) is 11.5 Å². The summed E-state index contributed by atoms with van der Waals surface area (Å²) in [4.78, 5) is 11.5. The molecule has 2 unspecified atom stereocenters. The third-order valence-corrected chi connectivity index (χ3v) is 3.22. The van der Waals surface area contributed by atoms with Gasteiger partial charge in [-0.15, -0.1) is 0 Å². The summed E-state index contributed by atoms with van der Waals surface area (Å²) in [6.07, 6.45) is -0.828. The zero-order chi connectivity index (χ0) is 15.8. The Hall–Kier alpha value is -1.79. The standard InChI is InChI=1S/C15H23NO5/c1-5-16-12(9-14(17)21-4)15(18)11-7-6-10(19-2)8-13(11)20-3/h6-8,12,15-16,18H,5,9H2,1-4H3. The molecule has 2 N–H and O–H groups in total. The molecule has 0 saturated heterocycles. The van der Waals surface area contributed by atoms with Crippen molar-refractivity contribution in [2.24, 2.45) is 0 Å². The molecule has 6 nitrogen and oxygen atoms in total. The molecule has 2 atom stereocenters. The number of aliphatic hydroxyl groups excluding tert-OH is 1. The quantitative estimate of drug-likeness (QED) is 0.704. The van der Waals surface area contributed by atoms with Crippen molar-refractivity contribution >= 4 is 5.97 Å². The molecule has 0 radical (unpaired) electrons. The molecular formula is C15H23NO5. The lowest BCUT2D eigenvalue weighted by molar-refractivity contribution is -0.142. The molecule has 118 valence electrons. The van der Waals surface area contributed by atoms with Crippen molar-refractivity contribution in [2.75, 3.05) is 27.9 Å². The summed E-state index contributed by atoms with van der Waals surface area (Å²) in [5.74, 6) is 0.762. The smallest absolute Gasteiger partial charge is 0.307 e. The molecule has 6 heteroatoms. The molecule has 0 saturated carbocycles. The fraction of sp³-hybridized carbons (Fsp3) is 0.533. The van der Waals surface area contributed by atoms with Crippen LogP contribution >= 0.6 is 0 Å². The molecule has 1 aromatic rings. The summed E-state index contributed by atoms with van der Waals surface area (Å²) in [6.45, 7) is 2.53. The van der Waals surface area contributed by atoms with Gasteiger partial charge in [0.15, 0.2) is 0 Å². The number of ether oxygens (including phenoxy) is 3. The zero-order valence-electron chi connectivity index (χ0n) is 12.9. The van der Waals surface area contributed by atoms with Crippen LogP contribution in [-0.4, -0.2) is 45.0 Å². The van der Waals surface area contributed by atoms with Gasteiger partial charge in [0.2, 0.25) is 0 Å². The summed E-state index contributed by atoms with van der Waals surface area (Å²) < 4.78 is 15.1. The maximum absolute atomic E-state index is 11.5. The van der Waals surface area contributed by atoms with Crippen LogP contribution < -0.4 is 14.8 Å². The molecule has 0 amide bonds. The third kappa shape index (κ3) is 4.61. The maximum atomic E-state index is 11.5. The van der Waals surface area contributed by atoms with E-state index in [-0.39, 0.29) is 12.4 Å². The van der Waals surface area contributed by atoms with E-state index in [1.54, 1.807) is 25.3 Å². The predicted molar refractivity (Wildman–Crippen MR) is 78.6 cm³/mol. The van der Waals surface area contributed by atoms with E-state index in [0.717, 1.165) is 0 Å². The molecule has 0 aliphatic heterocycles. The monoisotopic (exact) mass is 297 g/mol. The van der Waals surface area contributed by atoms with Gasteiger partial charge in [0, 0.05) is 17.7 Å². The summed E-state index contributed by atoms with van der Waals surface area (Å²) in [7, 11) is 4.41. The lowest BCUT2D eigenvalue weighted by atomic mass is 9.98. The molecular weight excluding hydrogens is 274 g/mol. The van der Waals surface area contributed by atoms with E-state index in [4.69, 9.17) is 9.47 Å². The van der Waals surface area contributed by atoms with Crippen LogP contribution in [0, 0.1) is 0 Å². The highest BCUT2D eigenvalue weighted by Gasteiger charge is 2.26. The molecule has 0 bridgehead atoms. The Balaban J connectivity index is 3.01. The first-order valence-corrected chi connectivity index (χ1v) is 6.77. The number of carbonyl (C=O) groups excluding carboxylic acids is 1. The van der Waals surface area contributed by atoms with Gasteiger partial charge in [-0.2, -0.15) is 0 Å². The van der Waals surface area contributed by atoms with Gasteiger partial charge in [-0.25, -0.2) is 0 Å². The summed E-state index contributed by atoms with van der Waals surface area (Å²) in [6, 6.07) is 4.70. The van der Waals surface area contributed by atoms with Crippen LogP contribution in [0.15, 0.2) is 18.2 Å². The van der Waals surface area contributed by atoms with Crippen molar-refractivity contribution in [3.05, 3.63) is 23.8 Å². The van der Waals surface area contributed by atoms with Gasteiger partial charge < -0.3 is 24.6 Å². The van der Waals surface area contributed by atoms with E-state index in [9.17, 15) is 9.90 Å². The summed E-state index contributed by atoms with van der Waals surface area (Å²) in [5.41, 5.74) is 0.591. The first-order chi connectivity index (χ1) is 10.1. The number of nitrogens with one attached hydrogen (secondary N) is 1. The highest BCUT2D eigenvalue weighted by molar-refractivity contribution is 5.70. The summed E-state index contributed by atoms with van der Waals surface area (Å²) >= 11 is 0. The minimum Gasteiger partial charge on any atom is -0.497 e. The Labute approximate surface area is 125 Å². The average molecular weight is 297 g/mol. The Morgan fingerprint density at radius 3 is 2.52 bits per heavy atom. The van der Waals surface area contributed by atoms with Crippen LogP contribution in [0.4, 0.5) is 0 Å². The molecule has 0 aromatic heterocycles. The molecule has 0 aliphatic carbocycles. The van der Waals surface area contributed by atoms with Crippen molar-refractivity contribution < 1.29 is 24.1 Å². The van der Waals surface area contributed by atoms with Crippen LogP contribution in [0.3, 0.4) is 0 Å². The third-order valence-electron chi connectivity index (χ3n) is 3.22. The number of hydrogen-bond acceptors (Lipinski definition) is 6. The normalized spacial score (nSPS) is 13.4. The maximum Gasteiger partial charge on any atom is 0.307 e. The molecule has 1 aromatic carbocycles. The van der Waals surface area contributed by atoms with E-state index in [2.05, 4.69) is 10.1 Å². The van der Waals surface area contributed by atoms with Crippen LogP contribution in [0.1, 0.15) is 25.0 Å². The van der Waals surface area contributed by atoms with E-state index < -0.39 is 12.1 Å². The van der Waals surface area contributed by atoms with Crippen LogP contribution in [0.5, 0.6) is 11.5 Å². The van der Waals surface area contributed by atoms with Gasteiger partial charge in [0.05, 0.1) is 33.9 Å². The lowest BCUT2D eigenvalue weighted by Gasteiger charge is -2.24. The second kappa shape index (κ2) is 8.49. The average Bonchev–Trinajstić information content (AvgIpc) is 2.52. The number of methoxy groups -OCH3 is 3. The Kier molecular flexibility index (Phi) is 6.98. The molecule has 0 heterocycles. The van der Waals surface area contributed by atoms with Crippen LogP contribution in [-0.2, 0) is 9.53 Å². The highest BCUT2D eigenvalue weighted by Crippen LogP contribution is 2.31. The van der Waals surface area contributed by atoms with E-state index >= 15 is 0 Å². The van der Waals surface area contributed by atoms with Gasteiger partial charge in [0.25, 0.3) is 0 Å². The topological polar surface area (TPSA) is 77.0 Å². The predicted octanol–water partition coefficient (Wildman–Crippen LogP) is 1.28. The van der Waals surface area contributed by atoms with E-state index in [1.807, 2.05) is 6.92 Å². The largest absolute Gasteiger partial charge is 0.497 e. The Morgan fingerprint density at radius 2 is 2.00 bits per heavy atom. The van der Waals surface area contributed by atoms with Gasteiger partial charge in [-0.3, -0.25) is 4.79 Å². The number of benzene rings is 1. The zero-order valence-corrected chi connectivity index (χ0v) is 12.9. The SMILES string of the molecule is CCNC(CC(=O)OC)C(O)c1ccc(OC)cc1OC. The van der Waals surface area contributed by atoms with Gasteiger partial charge >= 0.3 is 5.97 Å². The first-order valence-electron chi connectivity index (χ1n) is 6.77. The highest BCUT2D eigenvalue weighted by atomic mass is 16.5. The van der Waals surface area contributed by atoms with Gasteiger partial charge in [-0.1, -0.05) is 6.92 Å². The van der Waals surface area contributed by atoms with Crippen molar-refractivity contribution in [1.29, 1.82) is 0 Å². The fourth-order valence-electron chi connectivity index (χ4n) is 2.10. The van der Waals surface area contributed by atoms with Crippen molar-refractivity contribution in [3.63, 3.8) is 0 Å². The molecule has 1 rings (SSSR count). The fourth-order valence-corrected chi connectivity index (χ4v) is 2.10. The van der Waals surface area contributed by atoms with Crippen molar-refractivity contribution in [2.45, 2.75) is 25.5 Å². The number of hydrogen-bond donors (Lipinski definition) is 2. The molecule has 21 heavy (non-hydrogen) atoms. The second-order valence-corrected chi connectivity index (χ2v) is 4.50. The Morgan fingerprint density at radius 1 is 1.29 bits per heavy atom. The number of carbonyl (C=O) groups is 1. The van der Waals surface area contributed by atoms with Crippen molar-refractivity contribution in [3.8, 4) is 11.5 Å². The lowest BCUT2D eigenvalue weighted by Crippen LogP contribution is -2.37. The minimum atomic E-state index is -0.898. The summed E-state index contributed by atoms with van der Waals surface area (Å²) in [5, 5.41) is 13.6. The molecule has 0 aliphatic rings. The second-order valence-electron chi connectivity index (χ2n) is 4.50. The first kappa shape index (κ1) is 17.3. The van der Waals surface area contributed by atoms with E-state index in [0.29, 0.717) is 23.6 Å².